The van der Waals surface area contributed by atoms with Gasteiger partial charge in [0.1, 0.15) is 6.04 Å². The summed E-state index contributed by atoms with van der Waals surface area (Å²) in [6.07, 6.45) is 1.56. The highest BCUT2D eigenvalue weighted by Crippen LogP contribution is 2.30. The van der Waals surface area contributed by atoms with Crippen LogP contribution in [-0.2, 0) is 22.6 Å². The van der Waals surface area contributed by atoms with Gasteiger partial charge in [0.2, 0.25) is 11.8 Å². The van der Waals surface area contributed by atoms with Gasteiger partial charge in [0.25, 0.3) is 0 Å². The summed E-state index contributed by atoms with van der Waals surface area (Å²) in [6.45, 7) is 5.03. The van der Waals surface area contributed by atoms with Crippen molar-refractivity contribution in [2.24, 2.45) is 0 Å². The Morgan fingerprint density at radius 2 is 1.31 bits per heavy atom. The van der Waals surface area contributed by atoms with Crippen molar-refractivity contribution in [3.8, 4) is 0 Å². The first-order valence-corrected chi connectivity index (χ1v) is 13.8. The lowest BCUT2D eigenvalue weighted by Gasteiger charge is -2.33. The fraction of sp³-hybridized carbons (Fsp3) is 0.257. The highest BCUT2D eigenvalue weighted by Gasteiger charge is 2.32. The number of nitrogens with one attached hydrogen (secondary N) is 1. The summed E-state index contributed by atoms with van der Waals surface area (Å²) < 4.78 is 0. The number of hydrogen-bond donors (Lipinski definition) is 1. The van der Waals surface area contributed by atoms with E-state index in [1.807, 2.05) is 98.8 Å². The molecule has 200 valence electrons. The van der Waals surface area contributed by atoms with E-state index in [-0.39, 0.29) is 24.2 Å². The molecule has 1 N–H and O–H groups in total. The lowest BCUT2D eigenvalue weighted by Crippen LogP contribution is -2.50. The molecule has 0 fully saturated rings. The first-order valence-electron chi connectivity index (χ1n) is 13.8. The molecule has 0 aromatic heterocycles. The zero-order chi connectivity index (χ0) is 27.5. The molecule has 0 heterocycles. The van der Waals surface area contributed by atoms with Crippen LogP contribution in [0.25, 0.3) is 0 Å². The molecule has 4 rings (SSSR count). The molecule has 0 aliphatic carbocycles. The third-order valence-electron chi connectivity index (χ3n) is 7.04. The number of carbonyl (C=O) groups excluding carboxylic acids is 2. The van der Waals surface area contributed by atoms with Crippen molar-refractivity contribution >= 4 is 11.8 Å². The summed E-state index contributed by atoms with van der Waals surface area (Å²) in [7, 11) is 0. The minimum Gasteiger partial charge on any atom is -0.354 e. The number of hydrogen-bond acceptors (Lipinski definition) is 2. The zero-order valence-corrected chi connectivity index (χ0v) is 22.9. The zero-order valence-electron chi connectivity index (χ0n) is 22.9. The normalized spacial score (nSPS) is 11.7. The Morgan fingerprint density at radius 3 is 1.87 bits per heavy atom. The molecule has 0 spiro atoms. The van der Waals surface area contributed by atoms with E-state index in [9.17, 15) is 9.59 Å². The molecule has 2 amide bonds. The molecule has 0 bridgehead atoms. The fourth-order valence-corrected chi connectivity index (χ4v) is 5.02. The van der Waals surface area contributed by atoms with Gasteiger partial charge in [-0.15, -0.1) is 0 Å². The minimum absolute atomic E-state index is 0.0400. The maximum atomic E-state index is 14.3. The Labute approximate surface area is 232 Å². The summed E-state index contributed by atoms with van der Waals surface area (Å²) in [5.41, 5.74) is 5.34. The molecular formula is C35H38N2O2. The molecule has 4 nitrogen and oxygen atoms in total. The Balaban J connectivity index is 1.72. The van der Waals surface area contributed by atoms with Crippen LogP contribution in [0.1, 0.15) is 53.5 Å². The molecule has 4 aromatic carbocycles. The quantitative estimate of drug-likeness (QED) is 0.227. The largest absolute Gasteiger partial charge is 0.354 e. The summed E-state index contributed by atoms with van der Waals surface area (Å²) in [5.74, 6) is -0.268. The van der Waals surface area contributed by atoms with Crippen LogP contribution in [0.15, 0.2) is 115 Å². The summed E-state index contributed by atoms with van der Waals surface area (Å²) in [6, 6.07) is 37.8. The minimum atomic E-state index is -0.626. The standard InChI is InChI=1S/C35H38N2O2/c1-3-22-36-35(39)33(24-28-15-7-4-8-16-28)37(26-29-17-13-14-27(2)23-29)34(38)25-32(30-18-9-5-10-19-30)31-20-11-6-12-21-31/h4-21,23,32-33H,3,22,24-26H2,1-2H3,(H,36,39)/t33-/m1/s1. The van der Waals surface area contributed by atoms with E-state index in [0.29, 0.717) is 19.5 Å². The van der Waals surface area contributed by atoms with E-state index in [2.05, 4.69) is 35.6 Å². The molecule has 1 atom stereocenters. The molecule has 0 aliphatic rings. The van der Waals surface area contributed by atoms with Crippen LogP contribution in [0.5, 0.6) is 0 Å². The lowest BCUT2D eigenvalue weighted by molar-refractivity contribution is -0.141. The summed E-state index contributed by atoms with van der Waals surface area (Å²) >= 11 is 0. The average Bonchev–Trinajstić information content (AvgIpc) is 2.97. The van der Waals surface area contributed by atoms with Gasteiger partial charge in [-0.2, -0.15) is 0 Å². The van der Waals surface area contributed by atoms with Crippen LogP contribution in [0.3, 0.4) is 0 Å². The van der Waals surface area contributed by atoms with Crippen molar-refractivity contribution in [2.75, 3.05) is 6.54 Å². The topological polar surface area (TPSA) is 49.4 Å². The van der Waals surface area contributed by atoms with Crippen molar-refractivity contribution in [1.29, 1.82) is 0 Å². The number of rotatable bonds is 12. The molecule has 0 saturated heterocycles. The average molecular weight is 519 g/mol. The molecule has 0 unspecified atom stereocenters. The Bertz CT molecular complexity index is 1280. The SMILES string of the molecule is CCCNC(=O)[C@@H](Cc1ccccc1)N(Cc1cccc(C)c1)C(=O)CC(c1ccccc1)c1ccccc1. The van der Waals surface area contributed by atoms with Gasteiger partial charge in [0, 0.05) is 31.8 Å². The number of aryl methyl sites for hydroxylation is 1. The lowest BCUT2D eigenvalue weighted by atomic mass is 9.87. The molecule has 4 heteroatoms. The van der Waals surface area contributed by atoms with Crippen LogP contribution in [-0.4, -0.2) is 29.3 Å². The summed E-state index contributed by atoms with van der Waals surface area (Å²) in [4.78, 5) is 29.8. The van der Waals surface area contributed by atoms with Gasteiger partial charge >= 0.3 is 0 Å². The van der Waals surface area contributed by atoms with Gasteiger partial charge in [-0.25, -0.2) is 0 Å². The van der Waals surface area contributed by atoms with Crippen LogP contribution in [0.2, 0.25) is 0 Å². The molecule has 0 radical (unpaired) electrons. The van der Waals surface area contributed by atoms with E-state index in [1.54, 1.807) is 4.90 Å². The fourth-order valence-electron chi connectivity index (χ4n) is 5.02. The first-order chi connectivity index (χ1) is 19.0. The second kappa shape index (κ2) is 14.1. The van der Waals surface area contributed by atoms with Crippen LogP contribution < -0.4 is 5.32 Å². The molecular weight excluding hydrogens is 480 g/mol. The first kappa shape index (κ1) is 27.8. The van der Waals surface area contributed by atoms with E-state index < -0.39 is 6.04 Å². The van der Waals surface area contributed by atoms with Crippen molar-refractivity contribution in [3.05, 3.63) is 143 Å². The van der Waals surface area contributed by atoms with Gasteiger partial charge in [0.05, 0.1) is 0 Å². The maximum Gasteiger partial charge on any atom is 0.243 e. The third kappa shape index (κ3) is 7.90. The maximum absolute atomic E-state index is 14.3. The van der Waals surface area contributed by atoms with Crippen molar-refractivity contribution in [3.63, 3.8) is 0 Å². The van der Waals surface area contributed by atoms with E-state index in [1.165, 1.54) is 0 Å². The van der Waals surface area contributed by atoms with Crippen LogP contribution in [0.4, 0.5) is 0 Å². The third-order valence-corrected chi connectivity index (χ3v) is 7.04. The Morgan fingerprint density at radius 1 is 0.744 bits per heavy atom. The van der Waals surface area contributed by atoms with E-state index in [4.69, 9.17) is 0 Å². The number of carbonyl (C=O) groups is 2. The monoisotopic (exact) mass is 518 g/mol. The van der Waals surface area contributed by atoms with Crippen molar-refractivity contribution in [1.82, 2.24) is 10.2 Å². The van der Waals surface area contributed by atoms with E-state index >= 15 is 0 Å². The Hall–Kier alpha value is -4.18. The number of benzene rings is 4. The smallest absolute Gasteiger partial charge is 0.243 e. The van der Waals surface area contributed by atoms with Gasteiger partial charge in [-0.05, 0) is 35.6 Å². The van der Waals surface area contributed by atoms with Crippen LogP contribution >= 0.6 is 0 Å². The molecule has 0 saturated carbocycles. The van der Waals surface area contributed by atoms with Gasteiger partial charge in [-0.3, -0.25) is 9.59 Å². The van der Waals surface area contributed by atoms with Gasteiger partial charge in [0.15, 0.2) is 0 Å². The van der Waals surface area contributed by atoms with Gasteiger partial charge < -0.3 is 10.2 Å². The number of nitrogens with zero attached hydrogens (tertiary/aromatic N) is 1. The van der Waals surface area contributed by atoms with Crippen LogP contribution in [0, 0.1) is 6.92 Å². The second-order valence-electron chi connectivity index (χ2n) is 10.1. The second-order valence-corrected chi connectivity index (χ2v) is 10.1. The van der Waals surface area contributed by atoms with Gasteiger partial charge in [-0.1, -0.05) is 128 Å². The Kier molecular flexibility index (Phi) is 10.1. The van der Waals surface area contributed by atoms with Crippen molar-refractivity contribution in [2.45, 2.75) is 51.6 Å². The highest BCUT2D eigenvalue weighted by molar-refractivity contribution is 5.88. The highest BCUT2D eigenvalue weighted by atomic mass is 16.2. The van der Waals surface area contributed by atoms with Crippen molar-refractivity contribution < 1.29 is 9.59 Å². The summed E-state index contributed by atoms with van der Waals surface area (Å²) in [5, 5.41) is 3.07. The predicted octanol–water partition coefficient (Wildman–Crippen LogP) is 6.68. The molecule has 39 heavy (non-hydrogen) atoms. The van der Waals surface area contributed by atoms with E-state index in [0.717, 1.165) is 34.2 Å². The predicted molar refractivity (Wildman–Crippen MR) is 158 cm³/mol. The molecule has 4 aromatic rings. The number of amides is 2. The molecule has 0 aliphatic heterocycles.